The van der Waals surface area contributed by atoms with Crippen LogP contribution in [-0.4, -0.2) is 64.2 Å². The highest BCUT2D eigenvalue weighted by atomic mass is 19.3. The third kappa shape index (κ3) is 9.34. The number of halogens is 2. The second-order valence-electron chi connectivity index (χ2n) is 9.21. The fourth-order valence-corrected chi connectivity index (χ4v) is 3.24. The Morgan fingerprint density at radius 3 is 2.23 bits per heavy atom. The van der Waals surface area contributed by atoms with Crippen molar-refractivity contribution in [2.75, 3.05) is 18.4 Å². The Labute approximate surface area is 203 Å². The van der Waals surface area contributed by atoms with Gasteiger partial charge >= 0.3 is 6.09 Å². The van der Waals surface area contributed by atoms with Gasteiger partial charge in [0, 0.05) is 24.7 Å². The number of rotatable bonds is 4. The van der Waals surface area contributed by atoms with Gasteiger partial charge < -0.3 is 20.3 Å². The molecule has 1 aromatic carbocycles. The molecule has 0 unspecified atom stereocenters. The molecule has 0 atom stereocenters. The summed E-state index contributed by atoms with van der Waals surface area (Å²) in [6.07, 6.45) is 0.132. The number of hydrogen-bond acceptors (Lipinski definition) is 5. The molecule has 1 aliphatic heterocycles. The van der Waals surface area contributed by atoms with Crippen molar-refractivity contribution in [2.45, 2.75) is 65.5 Å². The van der Waals surface area contributed by atoms with Crippen LogP contribution in [0.1, 0.15) is 66.9 Å². The van der Waals surface area contributed by atoms with Crippen LogP contribution in [0.3, 0.4) is 0 Å². The predicted molar refractivity (Wildman–Crippen MR) is 128 cm³/mol. The summed E-state index contributed by atoms with van der Waals surface area (Å²) in [5.74, 6) is -0.673. The summed E-state index contributed by atoms with van der Waals surface area (Å²) in [6, 6.07) is 7.06. The van der Waals surface area contributed by atoms with Gasteiger partial charge in [-0.3, -0.25) is 14.7 Å². The zero-order valence-corrected chi connectivity index (χ0v) is 20.7. The molecular formula is C24H33F2N5O4. The molecule has 0 aliphatic carbocycles. The smallest absolute Gasteiger partial charge is 0.410 e. The van der Waals surface area contributed by atoms with Crippen LogP contribution in [0.5, 0.6) is 0 Å². The maximum absolute atomic E-state index is 12.7. The summed E-state index contributed by atoms with van der Waals surface area (Å²) in [6.45, 7) is 9.27. The van der Waals surface area contributed by atoms with Crippen molar-refractivity contribution in [1.82, 2.24) is 20.4 Å². The first-order valence-corrected chi connectivity index (χ1v) is 11.3. The second kappa shape index (κ2) is 12.3. The Morgan fingerprint density at radius 1 is 1.11 bits per heavy atom. The molecule has 2 heterocycles. The van der Waals surface area contributed by atoms with Crippen LogP contribution >= 0.6 is 0 Å². The molecule has 192 valence electrons. The SMILES string of the molecule is CC(F)F.Cc1ccc(C(=O)Nc2cn[nH]c2C(=O)NC2CCN(C(=O)OC(C)(C)C)CC2)cc1. The molecule has 3 amide bonds. The molecule has 35 heavy (non-hydrogen) atoms. The van der Waals surface area contributed by atoms with Gasteiger partial charge in [0.2, 0.25) is 6.43 Å². The zero-order chi connectivity index (χ0) is 26.2. The van der Waals surface area contributed by atoms with Crippen LogP contribution < -0.4 is 10.6 Å². The van der Waals surface area contributed by atoms with E-state index in [4.69, 9.17) is 4.74 Å². The molecule has 0 saturated carbocycles. The molecule has 0 radical (unpaired) electrons. The number of piperidine rings is 1. The van der Waals surface area contributed by atoms with E-state index in [1.807, 2.05) is 39.8 Å². The quantitative estimate of drug-likeness (QED) is 0.585. The fraction of sp³-hybridized carbons (Fsp3) is 0.500. The molecule has 3 rings (SSSR count). The number of aromatic nitrogens is 2. The van der Waals surface area contributed by atoms with Gasteiger partial charge in [0.25, 0.3) is 11.8 Å². The minimum absolute atomic E-state index is 0.0878. The van der Waals surface area contributed by atoms with E-state index in [9.17, 15) is 23.2 Å². The van der Waals surface area contributed by atoms with Crippen molar-refractivity contribution < 1.29 is 27.9 Å². The van der Waals surface area contributed by atoms with E-state index in [1.54, 1.807) is 17.0 Å². The van der Waals surface area contributed by atoms with Crippen LogP contribution in [-0.2, 0) is 4.74 Å². The van der Waals surface area contributed by atoms with Gasteiger partial charge in [-0.05, 0) is 59.6 Å². The van der Waals surface area contributed by atoms with E-state index in [0.29, 0.717) is 37.2 Å². The number of carbonyl (C=O) groups excluding carboxylic acids is 3. The molecule has 1 saturated heterocycles. The maximum Gasteiger partial charge on any atom is 0.410 e. The van der Waals surface area contributed by atoms with Gasteiger partial charge in [0.05, 0.1) is 11.9 Å². The van der Waals surface area contributed by atoms with Gasteiger partial charge in [-0.1, -0.05) is 17.7 Å². The molecule has 0 bridgehead atoms. The number of ether oxygens (including phenoxy) is 1. The topological polar surface area (TPSA) is 116 Å². The number of amides is 3. The minimum Gasteiger partial charge on any atom is -0.444 e. The lowest BCUT2D eigenvalue weighted by Crippen LogP contribution is -2.47. The van der Waals surface area contributed by atoms with E-state index >= 15 is 0 Å². The van der Waals surface area contributed by atoms with Crippen molar-refractivity contribution >= 4 is 23.6 Å². The first-order chi connectivity index (χ1) is 16.4. The third-order valence-electron chi connectivity index (χ3n) is 4.91. The number of nitrogens with one attached hydrogen (secondary N) is 3. The molecular weight excluding hydrogens is 460 g/mol. The lowest BCUT2D eigenvalue weighted by Gasteiger charge is -2.33. The Balaban J connectivity index is 0.00000100. The van der Waals surface area contributed by atoms with E-state index < -0.39 is 12.0 Å². The molecule has 2 aromatic rings. The Kier molecular flexibility index (Phi) is 9.73. The monoisotopic (exact) mass is 493 g/mol. The third-order valence-corrected chi connectivity index (χ3v) is 4.91. The van der Waals surface area contributed by atoms with E-state index in [1.165, 1.54) is 6.20 Å². The number of benzene rings is 1. The number of aryl methyl sites for hydroxylation is 1. The summed E-state index contributed by atoms with van der Waals surface area (Å²) in [4.78, 5) is 39.0. The van der Waals surface area contributed by atoms with Crippen LogP contribution in [0.2, 0.25) is 0 Å². The number of H-pyrrole nitrogens is 1. The van der Waals surface area contributed by atoms with Crippen LogP contribution in [0.4, 0.5) is 19.3 Å². The molecule has 1 fully saturated rings. The summed E-state index contributed by atoms with van der Waals surface area (Å²) in [5.41, 5.74) is 1.51. The number of likely N-dealkylation sites (tertiary alicyclic amines) is 1. The van der Waals surface area contributed by atoms with Gasteiger partial charge in [-0.2, -0.15) is 5.10 Å². The summed E-state index contributed by atoms with van der Waals surface area (Å²) in [5, 5.41) is 12.2. The van der Waals surface area contributed by atoms with E-state index in [-0.39, 0.29) is 29.6 Å². The molecule has 1 aromatic heterocycles. The average Bonchev–Trinajstić information content (AvgIpc) is 3.21. The fourth-order valence-electron chi connectivity index (χ4n) is 3.24. The first kappa shape index (κ1) is 27.7. The van der Waals surface area contributed by atoms with Gasteiger partial charge in [0.1, 0.15) is 11.3 Å². The first-order valence-electron chi connectivity index (χ1n) is 11.3. The van der Waals surface area contributed by atoms with Crippen molar-refractivity contribution in [1.29, 1.82) is 0 Å². The Bertz CT molecular complexity index is 991. The maximum atomic E-state index is 12.7. The minimum atomic E-state index is -2.17. The average molecular weight is 494 g/mol. The Morgan fingerprint density at radius 2 is 1.69 bits per heavy atom. The van der Waals surface area contributed by atoms with Crippen molar-refractivity contribution in [3.8, 4) is 0 Å². The number of alkyl halides is 2. The van der Waals surface area contributed by atoms with Crippen LogP contribution in [0.15, 0.2) is 30.5 Å². The van der Waals surface area contributed by atoms with Gasteiger partial charge in [-0.15, -0.1) is 0 Å². The number of carbonyl (C=O) groups is 3. The summed E-state index contributed by atoms with van der Waals surface area (Å²) < 4.78 is 26.1. The summed E-state index contributed by atoms with van der Waals surface area (Å²) >= 11 is 0. The van der Waals surface area contributed by atoms with Crippen LogP contribution in [0.25, 0.3) is 0 Å². The lowest BCUT2D eigenvalue weighted by atomic mass is 10.1. The highest BCUT2D eigenvalue weighted by Crippen LogP contribution is 2.18. The normalized spacial score (nSPS) is 14.1. The highest BCUT2D eigenvalue weighted by molar-refractivity contribution is 6.08. The lowest BCUT2D eigenvalue weighted by molar-refractivity contribution is 0.0199. The van der Waals surface area contributed by atoms with Crippen LogP contribution in [0, 0.1) is 6.92 Å². The highest BCUT2D eigenvalue weighted by Gasteiger charge is 2.28. The van der Waals surface area contributed by atoms with E-state index in [0.717, 1.165) is 12.5 Å². The number of aromatic amines is 1. The molecule has 0 spiro atoms. The van der Waals surface area contributed by atoms with Crippen molar-refractivity contribution in [3.63, 3.8) is 0 Å². The molecule has 1 aliphatic rings. The standard InChI is InChI=1S/C22H29N5O4.C2H4F2/c1-14-5-7-15(8-6-14)19(28)25-17-13-23-26-18(17)20(29)24-16-9-11-27(12-10-16)21(30)31-22(2,3)4;1-2(3)4/h5-8,13,16H,9-12H2,1-4H3,(H,23,26)(H,24,29)(H,25,28);2H,1H3. The molecule has 9 nitrogen and oxygen atoms in total. The number of hydrogen-bond donors (Lipinski definition) is 3. The number of anilines is 1. The Hall–Kier alpha value is -3.50. The number of nitrogens with zero attached hydrogens (tertiary/aromatic N) is 2. The van der Waals surface area contributed by atoms with Gasteiger partial charge in [0.15, 0.2) is 0 Å². The summed E-state index contributed by atoms with van der Waals surface area (Å²) in [7, 11) is 0. The van der Waals surface area contributed by atoms with Crippen molar-refractivity contribution in [3.05, 3.63) is 47.3 Å². The zero-order valence-electron chi connectivity index (χ0n) is 20.7. The van der Waals surface area contributed by atoms with E-state index in [2.05, 4.69) is 20.8 Å². The largest absolute Gasteiger partial charge is 0.444 e. The molecule has 3 N–H and O–H groups in total. The van der Waals surface area contributed by atoms with Gasteiger partial charge in [-0.25, -0.2) is 13.6 Å². The predicted octanol–water partition coefficient (Wildman–Crippen LogP) is 4.37. The second-order valence-corrected chi connectivity index (χ2v) is 9.21. The molecule has 11 heteroatoms. The van der Waals surface area contributed by atoms with Crippen molar-refractivity contribution in [2.24, 2.45) is 0 Å².